The Kier molecular flexibility index (Phi) is 8.03. The number of nitrogens with one attached hydrogen (secondary N) is 1. The molecule has 0 unspecified atom stereocenters. The smallest absolute Gasteiger partial charge is 0.412 e. The van der Waals surface area contributed by atoms with E-state index in [1.807, 2.05) is 39.0 Å². The van der Waals surface area contributed by atoms with E-state index < -0.39 is 20.0 Å². The number of rotatable bonds is 7. The third-order valence-corrected chi connectivity index (χ3v) is 10.5. The molecule has 2 rings (SSSR count). The van der Waals surface area contributed by atoms with Gasteiger partial charge in [0.1, 0.15) is 17.5 Å². The number of amides is 1. The van der Waals surface area contributed by atoms with Crippen LogP contribution in [-0.4, -0.2) is 32.7 Å². The van der Waals surface area contributed by atoms with E-state index >= 15 is 0 Å². The highest BCUT2D eigenvalue weighted by molar-refractivity contribution is 6.74. The van der Waals surface area contributed by atoms with Crippen LogP contribution < -0.4 is 10.1 Å². The number of carbonyl (C=O) groups is 1. The predicted octanol–water partition coefficient (Wildman–Crippen LogP) is 6.87. The van der Waals surface area contributed by atoms with Crippen molar-refractivity contribution in [2.75, 3.05) is 11.9 Å². The summed E-state index contributed by atoms with van der Waals surface area (Å²) in [7, 11) is -1.84. The second-order valence-corrected chi connectivity index (χ2v) is 15.7. The Morgan fingerprint density at radius 2 is 1.94 bits per heavy atom. The van der Waals surface area contributed by atoms with Gasteiger partial charge in [-0.3, -0.25) is 5.32 Å². The number of aryl methyl sites for hydroxylation is 1. The molecule has 0 saturated heterocycles. The number of fused-ring (bicyclic) bond motifs is 1. The van der Waals surface area contributed by atoms with Gasteiger partial charge in [0, 0.05) is 5.56 Å². The van der Waals surface area contributed by atoms with Crippen molar-refractivity contribution in [3.63, 3.8) is 0 Å². The molecule has 0 bridgehead atoms. The highest BCUT2D eigenvalue weighted by Crippen LogP contribution is 2.39. The molecule has 1 aliphatic heterocycles. The van der Waals surface area contributed by atoms with Crippen LogP contribution in [0.1, 0.15) is 65.5 Å². The van der Waals surface area contributed by atoms with E-state index in [0.29, 0.717) is 6.61 Å². The highest BCUT2D eigenvalue weighted by atomic mass is 28.4. The van der Waals surface area contributed by atoms with Crippen molar-refractivity contribution >= 4 is 20.1 Å². The number of anilines is 1. The lowest BCUT2D eigenvalue weighted by Gasteiger charge is -2.38. The van der Waals surface area contributed by atoms with Crippen LogP contribution in [0.25, 0.3) is 0 Å². The largest absolute Gasteiger partial charge is 0.487 e. The molecule has 1 atom stereocenters. The van der Waals surface area contributed by atoms with Gasteiger partial charge < -0.3 is 13.9 Å². The van der Waals surface area contributed by atoms with Crippen molar-refractivity contribution in [3.05, 3.63) is 35.9 Å². The molecular weight excluding hydrogens is 406 g/mol. The van der Waals surface area contributed by atoms with Gasteiger partial charge in [0.15, 0.2) is 8.32 Å². The fourth-order valence-corrected chi connectivity index (χ4v) is 4.26. The van der Waals surface area contributed by atoms with Crippen LogP contribution in [0, 0.1) is 0 Å². The first-order valence-corrected chi connectivity index (χ1v) is 14.2. The third-order valence-electron chi connectivity index (χ3n) is 6.03. The van der Waals surface area contributed by atoms with Gasteiger partial charge in [-0.2, -0.15) is 0 Å². The zero-order valence-electron chi connectivity index (χ0n) is 20.7. The molecule has 0 aliphatic carbocycles. The maximum Gasteiger partial charge on any atom is 0.412 e. The molecule has 0 radical (unpaired) electrons. The quantitative estimate of drug-likeness (QED) is 0.366. The van der Waals surface area contributed by atoms with E-state index in [9.17, 15) is 4.79 Å². The van der Waals surface area contributed by atoms with Gasteiger partial charge >= 0.3 is 6.09 Å². The van der Waals surface area contributed by atoms with Crippen molar-refractivity contribution in [2.24, 2.45) is 0 Å². The SMILES string of the molecule is C=CCCc1c(NC(=O)OC(C)(C)C)ccc2c1O[C@H](CO[Si](C)(C)C(C)(C)C)CC2. The van der Waals surface area contributed by atoms with Crippen LogP contribution >= 0.6 is 0 Å². The molecule has 6 heteroatoms. The number of carbonyl (C=O) groups excluding carboxylic acids is 1. The lowest BCUT2D eigenvalue weighted by molar-refractivity contribution is 0.0635. The Morgan fingerprint density at radius 1 is 1.26 bits per heavy atom. The molecule has 1 amide bonds. The first-order chi connectivity index (χ1) is 14.2. The zero-order chi connectivity index (χ0) is 23.4. The molecule has 0 spiro atoms. The highest BCUT2D eigenvalue weighted by Gasteiger charge is 2.38. The molecule has 174 valence electrons. The van der Waals surface area contributed by atoms with Gasteiger partial charge in [-0.25, -0.2) is 4.79 Å². The summed E-state index contributed by atoms with van der Waals surface area (Å²) in [5, 5.41) is 3.08. The normalized spacial score (nSPS) is 16.8. The van der Waals surface area contributed by atoms with Crippen molar-refractivity contribution in [1.29, 1.82) is 0 Å². The van der Waals surface area contributed by atoms with Gasteiger partial charge in [0.25, 0.3) is 0 Å². The molecule has 31 heavy (non-hydrogen) atoms. The topological polar surface area (TPSA) is 56.8 Å². The second kappa shape index (κ2) is 9.78. The number of ether oxygens (including phenoxy) is 2. The maximum absolute atomic E-state index is 12.4. The van der Waals surface area contributed by atoms with Gasteiger partial charge in [-0.15, -0.1) is 6.58 Å². The average Bonchev–Trinajstić information content (AvgIpc) is 2.63. The van der Waals surface area contributed by atoms with E-state index in [1.165, 1.54) is 5.56 Å². The molecule has 1 aliphatic rings. The molecule has 1 N–H and O–H groups in total. The first kappa shape index (κ1) is 25.5. The summed E-state index contributed by atoms with van der Waals surface area (Å²) in [5.41, 5.74) is 2.36. The molecule has 1 aromatic carbocycles. The first-order valence-electron chi connectivity index (χ1n) is 11.3. The van der Waals surface area contributed by atoms with Crippen LogP contribution in [0.4, 0.5) is 10.5 Å². The predicted molar refractivity (Wildman–Crippen MR) is 131 cm³/mol. The molecular formula is C25H41NO4Si. The molecule has 5 nitrogen and oxygen atoms in total. The average molecular weight is 448 g/mol. The Balaban J connectivity index is 2.23. The minimum Gasteiger partial charge on any atom is -0.487 e. The van der Waals surface area contributed by atoms with Gasteiger partial charge in [-0.1, -0.05) is 32.9 Å². The lowest BCUT2D eigenvalue weighted by atomic mass is 9.96. The van der Waals surface area contributed by atoms with E-state index in [0.717, 1.165) is 42.7 Å². The van der Waals surface area contributed by atoms with Crippen molar-refractivity contribution in [2.45, 2.75) is 97.1 Å². The number of benzene rings is 1. The van der Waals surface area contributed by atoms with E-state index in [1.54, 1.807) is 0 Å². The Bertz CT molecular complexity index is 790. The second-order valence-electron chi connectivity index (χ2n) is 10.9. The summed E-state index contributed by atoms with van der Waals surface area (Å²) in [6.45, 7) is 21.3. The number of hydrogen-bond acceptors (Lipinski definition) is 4. The van der Waals surface area contributed by atoms with Crippen molar-refractivity contribution in [1.82, 2.24) is 0 Å². The summed E-state index contributed by atoms with van der Waals surface area (Å²) in [6.07, 6.45) is 4.86. The Morgan fingerprint density at radius 3 is 2.52 bits per heavy atom. The Labute approximate surface area is 189 Å². The third kappa shape index (κ3) is 7.11. The maximum atomic E-state index is 12.4. The van der Waals surface area contributed by atoms with Crippen LogP contribution in [0.3, 0.4) is 0 Å². The van der Waals surface area contributed by atoms with Gasteiger partial charge in [0.05, 0.1) is 12.3 Å². The summed E-state index contributed by atoms with van der Waals surface area (Å²) < 4.78 is 18.3. The van der Waals surface area contributed by atoms with Crippen LogP contribution in [-0.2, 0) is 22.0 Å². The van der Waals surface area contributed by atoms with E-state index in [4.69, 9.17) is 13.9 Å². The Hall–Kier alpha value is -1.79. The number of hydrogen-bond donors (Lipinski definition) is 1. The van der Waals surface area contributed by atoms with E-state index in [-0.39, 0.29) is 11.1 Å². The molecule has 0 aromatic heterocycles. The fourth-order valence-electron chi connectivity index (χ4n) is 3.22. The summed E-state index contributed by atoms with van der Waals surface area (Å²) >= 11 is 0. The summed E-state index contributed by atoms with van der Waals surface area (Å²) in [6, 6.07) is 4.00. The van der Waals surface area contributed by atoms with Crippen molar-refractivity contribution < 1.29 is 18.7 Å². The summed E-state index contributed by atoms with van der Waals surface area (Å²) in [5.74, 6) is 0.880. The van der Waals surface area contributed by atoms with Crippen LogP contribution in [0.15, 0.2) is 24.8 Å². The number of allylic oxidation sites excluding steroid dienone is 1. The molecule has 0 saturated carbocycles. The van der Waals surface area contributed by atoms with Crippen molar-refractivity contribution in [3.8, 4) is 5.75 Å². The standard InChI is InChI=1S/C25H41NO4Si/c1-10-11-12-20-21(26-23(27)30-24(2,3)4)16-14-18-13-15-19(29-22(18)20)17-28-31(8,9)25(5,6)7/h10,14,16,19H,1,11-13,15,17H2,2-9H3,(H,26,27)/t19-/m0/s1. The minimum atomic E-state index is -1.84. The molecule has 0 fully saturated rings. The van der Waals surface area contributed by atoms with Crippen LogP contribution in [0.2, 0.25) is 18.1 Å². The monoisotopic (exact) mass is 447 g/mol. The fraction of sp³-hybridized carbons (Fsp3) is 0.640. The van der Waals surface area contributed by atoms with Crippen LogP contribution in [0.5, 0.6) is 5.75 Å². The zero-order valence-corrected chi connectivity index (χ0v) is 21.7. The lowest BCUT2D eigenvalue weighted by Crippen LogP contribution is -2.44. The van der Waals surface area contributed by atoms with E-state index in [2.05, 4.69) is 45.8 Å². The van der Waals surface area contributed by atoms with Gasteiger partial charge in [0.2, 0.25) is 0 Å². The van der Waals surface area contributed by atoms with Gasteiger partial charge in [-0.05, 0) is 76.2 Å². The molecule has 1 aromatic rings. The summed E-state index contributed by atoms with van der Waals surface area (Å²) in [4.78, 5) is 12.4. The molecule has 1 heterocycles. The minimum absolute atomic E-state index is 0.0147.